The number of morpholine rings is 1. The molecule has 0 spiro atoms. The fourth-order valence-corrected chi connectivity index (χ4v) is 4.61. The highest BCUT2D eigenvalue weighted by Crippen LogP contribution is 2.31. The van der Waals surface area contributed by atoms with E-state index in [-0.39, 0.29) is 0 Å². The maximum atomic E-state index is 5.52. The zero-order valence-corrected chi connectivity index (χ0v) is 18.7. The number of ether oxygens (including phenoxy) is 2. The number of halogens is 1. The summed E-state index contributed by atoms with van der Waals surface area (Å²) >= 11 is 5.22. The Morgan fingerprint density at radius 1 is 1.10 bits per heavy atom. The van der Waals surface area contributed by atoms with Gasteiger partial charge in [-0.15, -0.1) is 10.2 Å². The highest BCUT2D eigenvalue weighted by atomic mass is 79.9. The van der Waals surface area contributed by atoms with Gasteiger partial charge in [0.05, 0.1) is 26.9 Å². The van der Waals surface area contributed by atoms with Crippen LogP contribution in [0.25, 0.3) is 0 Å². The normalized spacial score (nSPS) is 14.2. The van der Waals surface area contributed by atoms with Gasteiger partial charge in [-0.3, -0.25) is 4.57 Å². The number of benzene rings is 2. The van der Waals surface area contributed by atoms with Crippen LogP contribution < -0.4 is 9.64 Å². The Balaban J connectivity index is 1.60. The molecule has 0 radical (unpaired) electrons. The smallest absolute Gasteiger partial charge is 0.228 e. The summed E-state index contributed by atoms with van der Waals surface area (Å²) in [5.41, 5.74) is 2.35. The number of rotatable bonds is 7. The van der Waals surface area contributed by atoms with Gasteiger partial charge in [0.15, 0.2) is 5.16 Å². The minimum Gasteiger partial charge on any atom is -0.496 e. The third kappa shape index (κ3) is 4.94. The molecule has 3 aromatic rings. The van der Waals surface area contributed by atoms with Gasteiger partial charge in [0.2, 0.25) is 5.95 Å². The van der Waals surface area contributed by atoms with Gasteiger partial charge in [-0.25, -0.2) is 0 Å². The molecule has 0 unspecified atom stereocenters. The van der Waals surface area contributed by atoms with Gasteiger partial charge in [-0.05, 0) is 23.8 Å². The highest BCUT2D eigenvalue weighted by Gasteiger charge is 2.21. The molecule has 0 atom stereocenters. The minimum absolute atomic E-state index is 0.718. The molecule has 0 aliphatic carbocycles. The van der Waals surface area contributed by atoms with E-state index in [1.807, 2.05) is 18.2 Å². The number of hydrogen-bond donors (Lipinski definition) is 0. The molecule has 0 N–H and O–H groups in total. The maximum absolute atomic E-state index is 5.52. The topological polar surface area (TPSA) is 52.4 Å². The summed E-state index contributed by atoms with van der Waals surface area (Å²) in [6.07, 6.45) is 0. The molecule has 1 aliphatic rings. The van der Waals surface area contributed by atoms with E-state index < -0.39 is 0 Å². The summed E-state index contributed by atoms with van der Waals surface area (Å²) in [7, 11) is 1.70. The van der Waals surface area contributed by atoms with Crippen molar-refractivity contribution in [3.05, 3.63) is 64.1 Å². The lowest BCUT2D eigenvalue weighted by Gasteiger charge is -2.28. The van der Waals surface area contributed by atoms with Gasteiger partial charge in [0, 0.05) is 28.9 Å². The van der Waals surface area contributed by atoms with Crippen molar-refractivity contribution in [3.63, 3.8) is 0 Å². The number of thioether (sulfide) groups is 1. The zero-order valence-electron chi connectivity index (χ0n) is 16.3. The second-order valence-electron chi connectivity index (χ2n) is 6.70. The Bertz CT molecular complexity index is 945. The molecule has 0 saturated carbocycles. The van der Waals surface area contributed by atoms with E-state index in [0.29, 0.717) is 0 Å². The lowest BCUT2D eigenvalue weighted by molar-refractivity contribution is 0.121. The third-order valence-corrected chi connectivity index (χ3v) is 6.28. The fraction of sp³-hybridized carbons (Fsp3) is 0.333. The third-order valence-electron chi connectivity index (χ3n) is 4.77. The van der Waals surface area contributed by atoms with Crippen LogP contribution in [0.4, 0.5) is 5.95 Å². The molecular formula is C21H23BrN4O2S. The molecule has 1 saturated heterocycles. The molecule has 4 rings (SSSR count). The van der Waals surface area contributed by atoms with Crippen molar-refractivity contribution in [3.8, 4) is 5.75 Å². The van der Waals surface area contributed by atoms with Crippen LogP contribution >= 0.6 is 27.7 Å². The lowest BCUT2D eigenvalue weighted by atomic mass is 10.2. The molecule has 29 heavy (non-hydrogen) atoms. The minimum atomic E-state index is 0.718. The monoisotopic (exact) mass is 474 g/mol. The van der Waals surface area contributed by atoms with Gasteiger partial charge in [0.1, 0.15) is 5.75 Å². The SMILES string of the molecule is COc1ccc(Br)cc1CSc1nnc(N2CCOCC2)n1Cc1ccccc1. The first-order chi connectivity index (χ1) is 14.2. The van der Waals surface area contributed by atoms with E-state index in [0.717, 1.165) is 65.5 Å². The second kappa shape index (κ2) is 9.65. The van der Waals surface area contributed by atoms with Crippen molar-refractivity contribution in [2.75, 3.05) is 38.3 Å². The molecule has 6 nitrogen and oxygen atoms in total. The van der Waals surface area contributed by atoms with Crippen LogP contribution in [0, 0.1) is 0 Å². The number of hydrogen-bond acceptors (Lipinski definition) is 6. The van der Waals surface area contributed by atoms with Crippen LogP contribution in [0.2, 0.25) is 0 Å². The summed E-state index contributed by atoms with van der Waals surface area (Å²) in [6, 6.07) is 16.5. The average molecular weight is 475 g/mol. The molecule has 2 aromatic carbocycles. The molecule has 0 amide bonds. The predicted molar refractivity (Wildman–Crippen MR) is 119 cm³/mol. The van der Waals surface area contributed by atoms with Crippen LogP contribution in [0.15, 0.2) is 58.2 Å². The van der Waals surface area contributed by atoms with Crippen molar-refractivity contribution in [1.29, 1.82) is 0 Å². The van der Waals surface area contributed by atoms with E-state index in [4.69, 9.17) is 9.47 Å². The zero-order chi connectivity index (χ0) is 20.1. The van der Waals surface area contributed by atoms with Crippen molar-refractivity contribution in [2.45, 2.75) is 17.5 Å². The van der Waals surface area contributed by atoms with Crippen molar-refractivity contribution in [1.82, 2.24) is 14.8 Å². The van der Waals surface area contributed by atoms with E-state index in [2.05, 4.69) is 65.9 Å². The first-order valence-electron chi connectivity index (χ1n) is 9.49. The van der Waals surface area contributed by atoms with Crippen molar-refractivity contribution in [2.24, 2.45) is 0 Å². The van der Waals surface area contributed by atoms with Gasteiger partial charge in [-0.1, -0.05) is 58.0 Å². The Morgan fingerprint density at radius 2 is 1.90 bits per heavy atom. The number of methoxy groups -OCH3 is 1. The summed E-state index contributed by atoms with van der Waals surface area (Å²) in [5, 5.41) is 9.95. The maximum Gasteiger partial charge on any atom is 0.228 e. The molecule has 1 fully saturated rings. The summed E-state index contributed by atoms with van der Waals surface area (Å²) < 4.78 is 14.3. The molecule has 1 aromatic heterocycles. The first kappa shape index (κ1) is 20.3. The highest BCUT2D eigenvalue weighted by molar-refractivity contribution is 9.10. The summed E-state index contributed by atoms with van der Waals surface area (Å²) in [6.45, 7) is 3.83. The predicted octanol–water partition coefficient (Wildman–Crippen LogP) is 4.23. The quantitative estimate of drug-likeness (QED) is 0.477. The lowest BCUT2D eigenvalue weighted by Crippen LogP contribution is -2.38. The molecule has 1 aliphatic heterocycles. The fourth-order valence-electron chi connectivity index (χ4n) is 3.29. The summed E-state index contributed by atoms with van der Waals surface area (Å²) in [4.78, 5) is 2.25. The largest absolute Gasteiger partial charge is 0.496 e. The molecule has 2 heterocycles. The van der Waals surface area contributed by atoms with Gasteiger partial charge >= 0.3 is 0 Å². The van der Waals surface area contributed by atoms with Crippen LogP contribution in [0.1, 0.15) is 11.1 Å². The van der Waals surface area contributed by atoms with E-state index in [1.54, 1.807) is 18.9 Å². The van der Waals surface area contributed by atoms with Crippen molar-refractivity contribution < 1.29 is 9.47 Å². The molecular weight excluding hydrogens is 452 g/mol. The van der Waals surface area contributed by atoms with E-state index in [1.165, 1.54) is 5.56 Å². The molecule has 8 heteroatoms. The first-order valence-corrected chi connectivity index (χ1v) is 11.3. The standard InChI is InChI=1S/C21H23BrN4O2S/c1-27-19-8-7-18(22)13-17(19)15-29-21-24-23-20(25-9-11-28-12-10-25)26(21)14-16-5-3-2-4-6-16/h2-8,13H,9-12,14-15H2,1H3. The van der Waals surface area contributed by atoms with Gasteiger partial charge in [-0.2, -0.15) is 0 Å². The second-order valence-corrected chi connectivity index (χ2v) is 8.56. The van der Waals surface area contributed by atoms with E-state index >= 15 is 0 Å². The van der Waals surface area contributed by atoms with Crippen molar-refractivity contribution >= 4 is 33.6 Å². The van der Waals surface area contributed by atoms with Gasteiger partial charge < -0.3 is 14.4 Å². The van der Waals surface area contributed by atoms with Crippen LogP contribution in [0.5, 0.6) is 5.75 Å². The van der Waals surface area contributed by atoms with Crippen LogP contribution in [0.3, 0.4) is 0 Å². The number of aromatic nitrogens is 3. The van der Waals surface area contributed by atoms with E-state index in [9.17, 15) is 0 Å². The van der Waals surface area contributed by atoms with Crippen LogP contribution in [-0.4, -0.2) is 48.2 Å². The summed E-state index contributed by atoms with van der Waals surface area (Å²) in [5.74, 6) is 2.53. The van der Waals surface area contributed by atoms with Crippen LogP contribution in [-0.2, 0) is 17.0 Å². The Labute approximate surface area is 183 Å². The number of anilines is 1. The average Bonchev–Trinajstić information content (AvgIpc) is 3.16. The Kier molecular flexibility index (Phi) is 6.74. The molecule has 152 valence electrons. The van der Waals surface area contributed by atoms with Gasteiger partial charge in [0.25, 0.3) is 0 Å². The Hall–Kier alpha value is -2.03. The Morgan fingerprint density at radius 3 is 2.66 bits per heavy atom. The molecule has 0 bridgehead atoms. The number of nitrogens with zero attached hydrogens (tertiary/aromatic N) is 4.